The van der Waals surface area contributed by atoms with Gasteiger partial charge in [0.15, 0.2) is 0 Å². The van der Waals surface area contributed by atoms with Crippen LogP contribution in [0.25, 0.3) is 0 Å². The third-order valence-corrected chi connectivity index (χ3v) is 2.39. The van der Waals surface area contributed by atoms with Crippen molar-refractivity contribution in [3.05, 3.63) is 29.8 Å². The smallest absolute Gasteiger partial charge is 0.327 e. The molecule has 1 atom stereocenters. The zero-order valence-electron chi connectivity index (χ0n) is 10.8. The van der Waals surface area contributed by atoms with Crippen LogP contribution in [0.15, 0.2) is 24.3 Å². The van der Waals surface area contributed by atoms with Gasteiger partial charge in [-0.25, -0.2) is 4.79 Å². The van der Waals surface area contributed by atoms with Gasteiger partial charge in [0, 0.05) is 24.6 Å². The molecular weight excluding hydrogens is 260 g/mol. The maximum absolute atomic E-state index is 11.8. The lowest BCUT2D eigenvalue weighted by Crippen LogP contribution is -2.40. The quantitative estimate of drug-likeness (QED) is 0.694. The molecule has 0 aliphatic rings. The zero-order chi connectivity index (χ0) is 15.1. The van der Waals surface area contributed by atoms with Crippen LogP contribution in [0.4, 0.5) is 5.69 Å². The van der Waals surface area contributed by atoms with Crippen LogP contribution in [0.1, 0.15) is 23.7 Å². The van der Waals surface area contributed by atoms with Gasteiger partial charge in [-0.15, -0.1) is 12.3 Å². The van der Waals surface area contributed by atoms with Crippen LogP contribution >= 0.6 is 0 Å². The molecule has 104 valence electrons. The average Bonchev–Trinajstić information content (AvgIpc) is 2.38. The molecule has 0 aliphatic carbocycles. The lowest BCUT2D eigenvalue weighted by atomic mass is 10.1. The highest BCUT2D eigenvalue weighted by molar-refractivity contribution is 5.97. The normalized spacial score (nSPS) is 11.0. The lowest BCUT2D eigenvalue weighted by molar-refractivity contribution is -0.139. The molecule has 1 rings (SSSR count). The first-order valence-electron chi connectivity index (χ1n) is 5.79. The third kappa shape index (κ3) is 4.46. The molecule has 6 nitrogen and oxygen atoms in total. The van der Waals surface area contributed by atoms with E-state index in [0.717, 1.165) is 0 Å². The van der Waals surface area contributed by atoms with Crippen molar-refractivity contribution in [3.8, 4) is 12.3 Å². The van der Waals surface area contributed by atoms with E-state index in [0.29, 0.717) is 5.69 Å². The second-order valence-electron chi connectivity index (χ2n) is 4.03. The van der Waals surface area contributed by atoms with E-state index in [2.05, 4.69) is 16.6 Å². The summed E-state index contributed by atoms with van der Waals surface area (Å²) in [5.74, 6) is 0.245. The van der Waals surface area contributed by atoms with Crippen molar-refractivity contribution in [1.82, 2.24) is 5.32 Å². The highest BCUT2D eigenvalue weighted by Crippen LogP contribution is 2.09. The van der Waals surface area contributed by atoms with E-state index in [-0.39, 0.29) is 17.9 Å². The summed E-state index contributed by atoms with van der Waals surface area (Å²) in [5.41, 5.74) is 0.829. The van der Waals surface area contributed by atoms with E-state index in [1.807, 2.05) is 0 Å². The second kappa shape index (κ2) is 6.95. The number of terminal acetylenes is 1. The van der Waals surface area contributed by atoms with Gasteiger partial charge < -0.3 is 15.7 Å². The average molecular weight is 274 g/mol. The van der Waals surface area contributed by atoms with Gasteiger partial charge in [-0.1, -0.05) is 0 Å². The molecule has 1 aromatic carbocycles. The van der Waals surface area contributed by atoms with Gasteiger partial charge in [0.25, 0.3) is 5.91 Å². The Morgan fingerprint density at radius 3 is 2.35 bits per heavy atom. The van der Waals surface area contributed by atoms with Gasteiger partial charge in [-0.3, -0.25) is 9.59 Å². The van der Waals surface area contributed by atoms with E-state index < -0.39 is 17.9 Å². The molecule has 0 saturated heterocycles. The number of carbonyl (C=O) groups is 3. The second-order valence-corrected chi connectivity index (χ2v) is 4.03. The Kier molecular flexibility index (Phi) is 5.30. The van der Waals surface area contributed by atoms with Gasteiger partial charge in [0.1, 0.15) is 6.04 Å². The van der Waals surface area contributed by atoms with Gasteiger partial charge in [-0.05, 0) is 24.3 Å². The van der Waals surface area contributed by atoms with Gasteiger partial charge in [0.2, 0.25) is 5.91 Å². The van der Waals surface area contributed by atoms with Crippen LogP contribution in [0.2, 0.25) is 0 Å². The van der Waals surface area contributed by atoms with E-state index in [9.17, 15) is 14.4 Å². The zero-order valence-corrected chi connectivity index (χ0v) is 10.8. The molecule has 1 aromatic rings. The monoisotopic (exact) mass is 274 g/mol. The molecule has 0 aliphatic heterocycles. The van der Waals surface area contributed by atoms with Crippen molar-refractivity contribution in [3.63, 3.8) is 0 Å². The Morgan fingerprint density at radius 1 is 1.30 bits per heavy atom. The number of carboxylic acids is 1. The number of benzene rings is 1. The van der Waals surface area contributed by atoms with E-state index in [1.54, 1.807) is 12.1 Å². The van der Waals surface area contributed by atoms with Crippen LogP contribution in [0, 0.1) is 12.3 Å². The first kappa shape index (κ1) is 15.2. The van der Waals surface area contributed by atoms with Crippen LogP contribution in [-0.2, 0) is 9.59 Å². The minimum atomic E-state index is -1.19. The number of amides is 2. The minimum Gasteiger partial charge on any atom is -0.480 e. The molecular formula is C14H14N2O4. The fourth-order valence-electron chi connectivity index (χ4n) is 1.47. The summed E-state index contributed by atoms with van der Waals surface area (Å²) in [5, 5.41) is 13.8. The Morgan fingerprint density at radius 2 is 1.90 bits per heavy atom. The summed E-state index contributed by atoms with van der Waals surface area (Å²) >= 11 is 0. The molecule has 0 radical (unpaired) electrons. The van der Waals surface area contributed by atoms with Crippen LogP contribution in [-0.4, -0.2) is 28.9 Å². The van der Waals surface area contributed by atoms with Crippen molar-refractivity contribution in [2.45, 2.75) is 19.4 Å². The number of anilines is 1. The van der Waals surface area contributed by atoms with Gasteiger partial charge >= 0.3 is 5.97 Å². The number of hydrogen-bond acceptors (Lipinski definition) is 3. The maximum atomic E-state index is 11.8. The highest BCUT2D eigenvalue weighted by Gasteiger charge is 2.19. The number of carbonyl (C=O) groups excluding carboxylic acids is 2. The Balaban J connectivity index is 2.75. The van der Waals surface area contributed by atoms with Gasteiger partial charge in [0.05, 0.1) is 0 Å². The molecule has 0 heterocycles. The number of aliphatic carboxylic acids is 1. The molecule has 20 heavy (non-hydrogen) atoms. The number of rotatable bonds is 5. The summed E-state index contributed by atoms with van der Waals surface area (Å²) in [6.07, 6.45) is 4.95. The first-order chi connectivity index (χ1) is 9.43. The summed E-state index contributed by atoms with van der Waals surface area (Å²) < 4.78 is 0. The molecule has 1 unspecified atom stereocenters. The predicted molar refractivity (Wildman–Crippen MR) is 73.1 cm³/mol. The number of nitrogens with one attached hydrogen (secondary N) is 2. The largest absolute Gasteiger partial charge is 0.480 e. The SMILES string of the molecule is C#CCC(NC(=O)c1ccc(NC(C)=O)cc1)C(=O)O. The summed E-state index contributed by atoms with van der Waals surface area (Å²) in [7, 11) is 0. The fraction of sp³-hybridized carbons (Fsp3) is 0.214. The minimum absolute atomic E-state index is 0.0922. The Labute approximate surface area is 116 Å². The van der Waals surface area contributed by atoms with Crippen molar-refractivity contribution in [1.29, 1.82) is 0 Å². The fourth-order valence-corrected chi connectivity index (χ4v) is 1.47. The molecule has 6 heteroatoms. The standard InChI is InChI=1S/C14H14N2O4/c1-3-4-12(14(19)20)16-13(18)10-5-7-11(8-6-10)15-9(2)17/h1,5-8,12H,4H2,2H3,(H,15,17)(H,16,18)(H,19,20). The molecule has 0 saturated carbocycles. The van der Waals surface area contributed by atoms with Crippen molar-refractivity contribution in [2.75, 3.05) is 5.32 Å². The highest BCUT2D eigenvalue weighted by atomic mass is 16.4. The molecule has 0 spiro atoms. The topological polar surface area (TPSA) is 95.5 Å². The van der Waals surface area contributed by atoms with Crippen molar-refractivity contribution < 1.29 is 19.5 Å². The van der Waals surface area contributed by atoms with Crippen LogP contribution in [0.5, 0.6) is 0 Å². The van der Waals surface area contributed by atoms with Crippen LogP contribution < -0.4 is 10.6 Å². The summed E-state index contributed by atoms with van der Waals surface area (Å²) in [6.45, 7) is 1.37. The van der Waals surface area contributed by atoms with Crippen molar-refractivity contribution >= 4 is 23.5 Å². The lowest BCUT2D eigenvalue weighted by Gasteiger charge is -2.12. The van der Waals surface area contributed by atoms with E-state index >= 15 is 0 Å². The summed E-state index contributed by atoms with van der Waals surface area (Å²) in [6, 6.07) is 4.94. The third-order valence-electron chi connectivity index (χ3n) is 2.39. The summed E-state index contributed by atoms with van der Waals surface area (Å²) in [4.78, 5) is 33.6. The van der Waals surface area contributed by atoms with Crippen LogP contribution in [0.3, 0.4) is 0 Å². The number of carboxylic acid groups (broad SMARTS) is 1. The molecule has 3 N–H and O–H groups in total. The molecule has 0 bridgehead atoms. The Hall–Kier alpha value is -2.81. The van der Waals surface area contributed by atoms with E-state index in [1.165, 1.54) is 19.1 Å². The Bertz CT molecular complexity index is 558. The molecule has 2 amide bonds. The number of hydrogen-bond donors (Lipinski definition) is 3. The molecule has 0 aromatic heterocycles. The first-order valence-corrected chi connectivity index (χ1v) is 5.79. The molecule has 0 fully saturated rings. The van der Waals surface area contributed by atoms with Crippen molar-refractivity contribution in [2.24, 2.45) is 0 Å². The van der Waals surface area contributed by atoms with Gasteiger partial charge in [-0.2, -0.15) is 0 Å². The van der Waals surface area contributed by atoms with E-state index in [4.69, 9.17) is 11.5 Å². The predicted octanol–water partition coefficient (Wildman–Crippen LogP) is 0.851. The maximum Gasteiger partial charge on any atom is 0.327 e.